The van der Waals surface area contributed by atoms with E-state index < -0.39 is 0 Å². The van der Waals surface area contributed by atoms with Gasteiger partial charge in [-0.15, -0.1) is 0 Å². The molecule has 1 saturated heterocycles. The summed E-state index contributed by atoms with van der Waals surface area (Å²) >= 11 is 0. The highest BCUT2D eigenvalue weighted by atomic mass is 16.7. The summed E-state index contributed by atoms with van der Waals surface area (Å²) in [5.74, 6) is 1.61. The first-order valence-electron chi connectivity index (χ1n) is 13.0. The number of fused-ring (bicyclic) bond motifs is 4. The predicted octanol–water partition coefficient (Wildman–Crippen LogP) is 4.84. The van der Waals surface area contributed by atoms with Crippen LogP contribution in [0.4, 0.5) is 5.69 Å². The van der Waals surface area contributed by atoms with E-state index in [0.29, 0.717) is 25.0 Å². The number of ether oxygens (including phenoxy) is 2. The van der Waals surface area contributed by atoms with Crippen molar-refractivity contribution in [2.45, 2.75) is 50.9 Å². The molecular formula is C30H33N3O3. The van der Waals surface area contributed by atoms with E-state index in [-0.39, 0.29) is 12.7 Å². The van der Waals surface area contributed by atoms with Crippen molar-refractivity contribution in [2.24, 2.45) is 0 Å². The summed E-state index contributed by atoms with van der Waals surface area (Å²) in [5.41, 5.74) is 4.59. The third-order valence-electron chi connectivity index (χ3n) is 7.73. The molecule has 2 bridgehead atoms. The lowest BCUT2D eigenvalue weighted by molar-refractivity contribution is -0.132. The molecule has 0 saturated carbocycles. The lowest BCUT2D eigenvalue weighted by Gasteiger charge is -2.34. The van der Waals surface area contributed by atoms with Crippen molar-refractivity contribution >= 4 is 11.6 Å². The van der Waals surface area contributed by atoms with E-state index in [9.17, 15) is 4.79 Å². The van der Waals surface area contributed by atoms with E-state index in [4.69, 9.17) is 9.47 Å². The highest BCUT2D eigenvalue weighted by molar-refractivity contribution is 5.79. The molecule has 1 N–H and O–H groups in total. The number of rotatable bonds is 4. The average molecular weight is 484 g/mol. The zero-order chi connectivity index (χ0) is 24.3. The van der Waals surface area contributed by atoms with Gasteiger partial charge >= 0.3 is 0 Å². The number of carbonyl (C=O) groups excluding carboxylic acids is 1. The first kappa shape index (κ1) is 22.9. The average Bonchev–Trinajstić information content (AvgIpc) is 3.51. The molecule has 3 aliphatic heterocycles. The van der Waals surface area contributed by atoms with Gasteiger partial charge in [-0.1, -0.05) is 54.6 Å². The molecule has 36 heavy (non-hydrogen) atoms. The monoisotopic (exact) mass is 483 g/mol. The summed E-state index contributed by atoms with van der Waals surface area (Å²) < 4.78 is 11.0. The van der Waals surface area contributed by atoms with Crippen LogP contribution in [0.25, 0.3) is 0 Å². The van der Waals surface area contributed by atoms with E-state index in [2.05, 4.69) is 69.7 Å². The molecule has 0 unspecified atom stereocenters. The smallest absolute Gasteiger partial charge is 0.231 e. The Bertz CT molecular complexity index is 1220. The molecule has 3 aromatic carbocycles. The van der Waals surface area contributed by atoms with Gasteiger partial charge in [-0.3, -0.25) is 9.69 Å². The summed E-state index contributed by atoms with van der Waals surface area (Å²) in [5, 5.41) is 3.67. The quantitative estimate of drug-likeness (QED) is 0.576. The van der Waals surface area contributed by atoms with E-state index in [1.807, 2.05) is 18.2 Å². The molecule has 3 heterocycles. The Morgan fingerprint density at radius 1 is 0.861 bits per heavy atom. The van der Waals surface area contributed by atoms with Gasteiger partial charge in [0.1, 0.15) is 0 Å². The SMILES string of the molecule is O=C(Cc1ccc2c(c1)OCO2)N1Cc2ccccc2NCC[C@@H]2CC[C@H](C1)N2Cc1ccccc1. The van der Waals surface area contributed by atoms with E-state index in [1.54, 1.807) is 0 Å². The van der Waals surface area contributed by atoms with Gasteiger partial charge in [0.2, 0.25) is 12.7 Å². The Morgan fingerprint density at radius 3 is 2.58 bits per heavy atom. The molecule has 3 aromatic rings. The van der Waals surface area contributed by atoms with Crippen molar-refractivity contribution in [3.8, 4) is 11.5 Å². The summed E-state index contributed by atoms with van der Waals surface area (Å²) in [6.45, 7) is 3.44. The van der Waals surface area contributed by atoms with E-state index in [1.165, 1.54) is 17.5 Å². The minimum atomic E-state index is 0.144. The van der Waals surface area contributed by atoms with Crippen molar-refractivity contribution in [2.75, 3.05) is 25.2 Å². The number of benzene rings is 3. The van der Waals surface area contributed by atoms with Crippen LogP contribution in [0.1, 0.15) is 36.0 Å². The number of amides is 1. The third-order valence-corrected chi connectivity index (χ3v) is 7.73. The Balaban J connectivity index is 1.27. The molecule has 0 aliphatic carbocycles. The van der Waals surface area contributed by atoms with Gasteiger partial charge in [0.15, 0.2) is 11.5 Å². The predicted molar refractivity (Wildman–Crippen MR) is 140 cm³/mol. The highest BCUT2D eigenvalue weighted by Gasteiger charge is 2.35. The van der Waals surface area contributed by atoms with Gasteiger partial charge in [-0.2, -0.15) is 0 Å². The lowest BCUT2D eigenvalue weighted by atomic mass is 10.1. The van der Waals surface area contributed by atoms with Crippen molar-refractivity contribution < 1.29 is 14.3 Å². The number of nitrogens with one attached hydrogen (secondary N) is 1. The molecule has 186 valence electrons. The van der Waals surface area contributed by atoms with E-state index in [0.717, 1.165) is 55.2 Å². The largest absolute Gasteiger partial charge is 0.454 e. The minimum absolute atomic E-state index is 0.144. The fourth-order valence-electron chi connectivity index (χ4n) is 5.83. The molecule has 0 radical (unpaired) electrons. The van der Waals surface area contributed by atoms with Crippen LogP contribution in [-0.2, 0) is 24.3 Å². The first-order chi connectivity index (χ1) is 17.7. The van der Waals surface area contributed by atoms with Crippen LogP contribution in [0.2, 0.25) is 0 Å². The maximum atomic E-state index is 13.8. The van der Waals surface area contributed by atoms with Crippen LogP contribution in [-0.4, -0.2) is 47.7 Å². The zero-order valence-corrected chi connectivity index (χ0v) is 20.6. The maximum Gasteiger partial charge on any atom is 0.231 e. The van der Waals surface area contributed by atoms with Crippen LogP contribution < -0.4 is 14.8 Å². The second-order valence-corrected chi connectivity index (χ2v) is 10.1. The molecule has 3 aliphatic rings. The number of carbonyl (C=O) groups is 1. The number of nitrogens with zero attached hydrogens (tertiary/aromatic N) is 2. The molecule has 0 aromatic heterocycles. The molecule has 1 amide bonds. The molecule has 6 nitrogen and oxygen atoms in total. The Morgan fingerprint density at radius 2 is 1.67 bits per heavy atom. The number of hydrogen-bond donors (Lipinski definition) is 1. The Kier molecular flexibility index (Phi) is 6.51. The fourth-order valence-corrected chi connectivity index (χ4v) is 5.83. The summed E-state index contributed by atoms with van der Waals surface area (Å²) in [4.78, 5) is 18.5. The Hall–Kier alpha value is -3.51. The standard InChI is InChI=1S/C30H33N3O3/c34-30(17-23-10-13-28-29(16-23)36-21-35-28)32-19-24-8-4-5-9-27(24)31-15-14-25-11-12-26(20-32)33(25)18-22-6-2-1-3-7-22/h1-10,13,16,25-26,31H,11-12,14-15,17-21H2/t25-,26+/m0/s1. The zero-order valence-electron chi connectivity index (χ0n) is 20.6. The van der Waals surface area contributed by atoms with Crippen molar-refractivity contribution in [3.05, 3.63) is 89.5 Å². The van der Waals surface area contributed by atoms with Crippen LogP contribution >= 0.6 is 0 Å². The second-order valence-electron chi connectivity index (χ2n) is 10.1. The van der Waals surface area contributed by atoms with Crippen molar-refractivity contribution in [1.82, 2.24) is 9.80 Å². The molecule has 1 fully saturated rings. The molecule has 6 rings (SSSR count). The second kappa shape index (κ2) is 10.2. The van der Waals surface area contributed by atoms with Gasteiger partial charge in [-0.05, 0) is 54.2 Å². The van der Waals surface area contributed by atoms with Gasteiger partial charge in [0.05, 0.1) is 6.42 Å². The summed E-state index contributed by atoms with van der Waals surface area (Å²) in [6, 6.07) is 25.8. The van der Waals surface area contributed by atoms with E-state index >= 15 is 0 Å². The first-order valence-corrected chi connectivity index (χ1v) is 13.0. The summed E-state index contributed by atoms with van der Waals surface area (Å²) in [6.07, 6.45) is 3.74. The topological polar surface area (TPSA) is 54.0 Å². The maximum absolute atomic E-state index is 13.8. The van der Waals surface area contributed by atoms with Crippen LogP contribution in [0, 0.1) is 0 Å². The van der Waals surface area contributed by atoms with Crippen LogP contribution in [0.3, 0.4) is 0 Å². The van der Waals surface area contributed by atoms with Crippen molar-refractivity contribution in [3.63, 3.8) is 0 Å². The molecule has 2 atom stereocenters. The van der Waals surface area contributed by atoms with Gasteiger partial charge in [-0.25, -0.2) is 0 Å². The lowest BCUT2D eigenvalue weighted by Crippen LogP contribution is -2.45. The Labute approximate surface area is 212 Å². The fraction of sp³-hybridized carbons (Fsp3) is 0.367. The van der Waals surface area contributed by atoms with Crippen molar-refractivity contribution in [1.29, 1.82) is 0 Å². The number of para-hydroxylation sites is 1. The molecule has 0 spiro atoms. The number of anilines is 1. The van der Waals surface area contributed by atoms with Crippen LogP contribution in [0.15, 0.2) is 72.8 Å². The third kappa shape index (κ3) is 4.91. The normalized spacial score (nSPS) is 21.4. The van der Waals surface area contributed by atoms with Gasteiger partial charge < -0.3 is 19.7 Å². The molecular weight excluding hydrogens is 450 g/mol. The van der Waals surface area contributed by atoms with Gasteiger partial charge in [0.25, 0.3) is 0 Å². The summed E-state index contributed by atoms with van der Waals surface area (Å²) in [7, 11) is 0. The highest BCUT2D eigenvalue weighted by Crippen LogP contribution is 2.34. The molecule has 6 heteroatoms. The minimum Gasteiger partial charge on any atom is -0.454 e. The number of hydrogen-bond acceptors (Lipinski definition) is 5. The van der Waals surface area contributed by atoms with Crippen LogP contribution in [0.5, 0.6) is 11.5 Å². The van der Waals surface area contributed by atoms with Gasteiger partial charge in [0, 0.05) is 44.0 Å².